The van der Waals surface area contributed by atoms with Crippen LogP contribution in [0, 0.1) is 0 Å². The average molecular weight is 335 g/mol. The first-order valence-corrected chi connectivity index (χ1v) is 7.67. The molecule has 0 aliphatic heterocycles. The summed E-state index contributed by atoms with van der Waals surface area (Å²) < 4.78 is 0. The Labute approximate surface area is 143 Å². The molecule has 0 unspecified atom stereocenters. The van der Waals surface area contributed by atoms with Crippen LogP contribution in [0.3, 0.4) is 0 Å². The van der Waals surface area contributed by atoms with Gasteiger partial charge in [0, 0.05) is 20.3 Å². The Hall–Kier alpha value is -3.62. The predicted molar refractivity (Wildman–Crippen MR) is 97.7 cm³/mol. The zero-order chi connectivity index (χ0) is 17.4. The molecule has 9 heteroatoms. The number of imidazole rings is 1. The minimum atomic E-state index is 0.203. The van der Waals surface area contributed by atoms with Gasteiger partial charge in [-0.1, -0.05) is 6.07 Å². The number of anilines is 4. The first-order chi connectivity index (χ1) is 12.1. The highest BCUT2D eigenvalue weighted by atomic mass is 15.2. The maximum atomic E-state index is 5.62. The first kappa shape index (κ1) is 14.9. The van der Waals surface area contributed by atoms with Gasteiger partial charge >= 0.3 is 0 Å². The number of hydrogen-bond donors (Lipinski definition) is 4. The fraction of sp³-hybridized carbons (Fsp3) is 0.125. The zero-order valence-electron chi connectivity index (χ0n) is 13.8. The van der Waals surface area contributed by atoms with Crippen molar-refractivity contribution in [1.82, 2.24) is 30.1 Å². The number of aromatic amines is 2. The van der Waals surface area contributed by atoms with Crippen LogP contribution in [0.4, 0.5) is 23.1 Å². The van der Waals surface area contributed by atoms with Gasteiger partial charge in [0.05, 0.1) is 23.1 Å². The highest BCUT2D eigenvalue weighted by molar-refractivity contribution is 5.91. The van der Waals surface area contributed by atoms with Crippen molar-refractivity contribution in [2.45, 2.75) is 0 Å². The fourth-order valence-electron chi connectivity index (χ4n) is 2.64. The number of aromatic nitrogens is 6. The van der Waals surface area contributed by atoms with Gasteiger partial charge in [-0.25, -0.2) is 9.97 Å². The van der Waals surface area contributed by atoms with Crippen molar-refractivity contribution in [3.05, 3.63) is 36.7 Å². The number of nitrogen functional groups attached to an aromatic ring is 1. The van der Waals surface area contributed by atoms with Crippen molar-refractivity contribution < 1.29 is 0 Å². The molecule has 0 spiro atoms. The Morgan fingerprint density at radius 1 is 1.16 bits per heavy atom. The smallest absolute Gasteiger partial charge is 0.221 e. The molecule has 4 rings (SSSR count). The summed E-state index contributed by atoms with van der Waals surface area (Å²) >= 11 is 0. The van der Waals surface area contributed by atoms with Gasteiger partial charge in [-0.2, -0.15) is 10.1 Å². The van der Waals surface area contributed by atoms with E-state index < -0.39 is 0 Å². The zero-order valence-corrected chi connectivity index (χ0v) is 13.8. The van der Waals surface area contributed by atoms with E-state index in [9.17, 15) is 0 Å². The number of fused-ring (bicyclic) bond motifs is 1. The number of hydrogen-bond acceptors (Lipinski definition) is 7. The Morgan fingerprint density at radius 2 is 2.04 bits per heavy atom. The summed E-state index contributed by atoms with van der Waals surface area (Å²) in [6.07, 6.45) is 3.27. The normalized spacial score (nSPS) is 11.0. The molecule has 126 valence electrons. The van der Waals surface area contributed by atoms with E-state index in [4.69, 9.17) is 10.7 Å². The van der Waals surface area contributed by atoms with Crippen LogP contribution in [0.15, 0.2) is 36.7 Å². The molecule has 3 aromatic heterocycles. The van der Waals surface area contributed by atoms with Crippen molar-refractivity contribution in [3.63, 3.8) is 0 Å². The van der Waals surface area contributed by atoms with Gasteiger partial charge in [0.1, 0.15) is 17.0 Å². The second kappa shape index (κ2) is 5.78. The van der Waals surface area contributed by atoms with Crippen molar-refractivity contribution in [1.29, 1.82) is 0 Å². The number of nitrogens with two attached hydrogens (primary N) is 1. The van der Waals surface area contributed by atoms with Crippen LogP contribution >= 0.6 is 0 Å². The van der Waals surface area contributed by atoms with Gasteiger partial charge in [-0.3, -0.25) is 5.10 Å². The monoisotopic (exact) mass is 335 g/mol. The molecule has 1 aromatic carbocycles. The Bertz CT molecular complexity index is 1030. The standard InChI is InChI=1S/C16H17N9/c1-25(2)11-5-3-4-9-13(11)23-15(21-9)14-10(8-19-24-14)20-12-6-7-18-16(17)22-12/h3-8H,1-2H3,(H,19,24)(H,21,23)(H3,17,18,20,22). The van der Waals surface area contributed by atoms with E-state index in [0.29, 0.717) is 11.6 Å². The molecule has 0 fully saturated rings. The van der Waals surface area contributed by atoms with Gasteiger partial charge in [-0.05, 0) is 18.2 Å². The Balaban J connectivity index is 1.75. The number of para-hydroxylation sites is 1. The minimum Gasteiger partial charge on any atom is -0.376 e. The summed E-state index contributed by atoms with van der Waals surface area (Å²) in [6.45, 7) is 0. The van der Waals surface area contributed by atoms with Crippen LogP contribution in [0.2, 0.25) is 0 Å². The molecule has 0 saturated carbocycles. The Kier molecular flexibility index (Phi) is 3.46. The van der Waals surface area contributed by atoms with Crippen molar-refractivity contribution in [2.75, 3.05) is 30.0 Å². The molecule has 5 N–H and O–H groups in total. The lowest BCUT2D eigenvalue weighted by Crippen LogP contribution is -2.08. The summed E-state index contributed by atoms with van der Waals surface area (Å²) in [5.41, 5.74) is 9.99. The molecule has 0 aliphatic carbocycles. The lowest BCUT2D eigenvalue weighted by molar-refractivity contribution is 1.08. The third kappa shape index (κ3) is 2.71. The molecule has 4 aromatic rings. The maximum Gasteiger partial charge on any atom is 0.221 e. The quantitative estimate of drug-likeness (QED) is 0.450. The highest BCUT2D eigenvalue weighted by Crippen LogP contribution is 2.30. The molecule has 25 heavy (non-hydrogen) atoms. The SMILES string of the molecule is CN(C)c1cccc2[nH]c(-c3[nH]ncc3Nc3ccnc(N)n3)nc12. The van der Waals surface area contributed by atoms with Crippen LogP contribution in [-0.2, 0) is 0 Å². The Morgan fingerprint density at radius 3 is 2.84 bits per heavy atom. The molecular weight excluding hydrogens is 318 g/mol. The maximum absolute atomic E-state index is 5.62. The number of H-pyrrole nitrogens is 2. The van der Waals surface area contributed by atoms with E-state index in [1.807, 2.05) is 37.2 Å². The van der Waals surface area contributed by atoms with Crippen molar-refractivity contribution in [3.8, 4) is 11.5 Å². The third-order valence-electron chi connectivity index (χ3n) is 3.79. The molecule has 0 bridgehead atoms. The summed E-state index contributed by atoms with van der Waals surface area (Å²) in [4.78, 5) is 18.1. The minimum absolute atomic E-state index is 0.203. The van der Waals surface area contributed by atoms with E-state index in [2.05, 4.69) is 30.5 Å². The lowest BCUT2D eigenvalue weighted by Gasteiger charge is -2.12. The predicted octanol–water partition coefficient (Wildman–Crippen LogP) is 2.13. The molecular formula is C16H17N9. The van der Waals surface area contributed by atoms with Crippen LogP contribution in [0.5, 0.6) is 0 Å². The second-order valence-electron chi connectivity index (χ2n) is 5.74. The van der Waals surface area contributed by atoms with Crippen molar-refractivity contribution in [2.24, 2.45) is 0 Å². The fourth-order valence-corrected chi connectivity index (χ4v) is 2.64. The molecule has 0 aliphatic rings. The van der Waals surface area contributed by atoms with Gasteiger partial charge < -0.3 is 20.9 Å². The van der Waals surface area contributed by atoms with Crippen LogP contribution in [0.25, 0.3) is 22.6 Å². The third-order valence-corrected chi connectivity index (χ3v) is 3.79. The van der Waals surface area contributed by atoms with Crippen LogP contribution in [0.1, 0.15) is 0 Å². The number of nitrogens with zero attached hydrogens (tertiary/aromatic N) is 5. The molecule has 0 atom stereocenters. The topological polar surface area (TPSA) is 124 Å². The van der Waals surface area contributed by atoms with Crippen molar-refractivity contribution >= 4 is 34.2 Å². The molecule has 0 saturated heterocycles. The van der Waals surface area contributed by atoms with Gasteiger partial charge in [0.25, 0.3) is 0 Å². The van der Waals surface area contributed by atoms with Gasteiger partial charge in [-0.15, -0.1) is 0 Å². The van der Waals surface area contributed by atoms with Crippen LogP contribution < -0.4 is 16.0 Å². The molecule has 0 radical (unpaired) electrons. The molecule has 9 nitrogen and oxygen atoms in total. The lowest BCUT2D eigenvalue weighted by atomic mass is 10.2. The largest absolute Gasteiger partial charge is 0.376 e. The van der Waals surface area contributed by atoms with E-state index in [1.165, 1.54) is 0 Å². The summed E-state index contributed by atoms with van der Waals surface area (Å²) in [7, 11) is 3.98. The van der Waals surface area contributed by atoms with E-state index in [1.54, 1.807) is 18.5 Å². The van der Waals surface area contributed by atoms with Gasteiger partial charge in [0.15, 0.2) is 5.82 Å². The van der Waals surface area contributed by atoms with E-state index in [0.717, 1.165) is 28.1 Å². The summed E-state index contributed by atoms with van der Waals surface area (Å²) in [5.74, 6) is 1.47. The molecule has 3 heterocycles. The number of rotatable bonds is 4. The number of benzene rings is 1. The second-order valence-corrected chi connectivity index (χ2v) is 5.74. The highest BCUT2D eigenvalue weighted by Gasteiger charge is 2.15. The first-order valence-electron chi connectivity index (χ1n) is 7.67. The van der Waals surface area contributed by atoms with Gasteiger partial charge in [0.2, 0.25) is 5.95 Å². The summed E-state index contributed by atoms with van der Waals surface area (Å²) in [5, 5.41) is 10.3. The number of nitrogens with one attached hydrogen (secondary N) is 3. The summed E-state index contributed by atoms with van der Waals surface area (Å²) in [6, 6.07) is 7.75. The van der Waals surface area contributed by atoms with Crippen LogP contribution in [-0.4, -0.2) is 44.2 Å². The average Bonchev–Trinajstić information content (AvgIpc) is 3.20. The van der Waals surface area contributed by atoms with E-state index in [-0.39, 0.29) is 5.95 Å². The molecule has 0 amide bonds. The van der Waals surface area contributed by atoms with E-state index >= 15 is 0 Å².